The number of ketones is 1. The van der Waals surface area contributed by atoms with Gasteiger partial charge in [-0.15, -0.1) is 0 Å². The maximum Gasteiger partial charge on any atom is 0.231 e. The van der Waals surface area contributed by atoms with E-state index < -0.39 is 0 Å². The Morgan fingerprint density at radius 3 is 2.89 bits per heavy atom. The van der Waals surface area contributed by atoms with Crippen molar-refractivity contribution >= 4 is 11.7 Å². The molecular formula is C14H15NO4. The fraction of sp³-hybridized carbons (Fsp3) is 0.429. The van der Waals surface area contributed by atoms with Crippen LogP contribution in [0.15, 0.2) is 18.2 Å². The second-order valence-electron chi connectivity index (χ2n) is 4.79. The van der Waals surface area contributed by atoms with E-state index in [-0.39, 0.29) is 25.0 Å². The van der Waals surface area contributed by atoms with Gasteiger partial charge in [0.15, 0.2) is 17.3 Å². The number of carbonyl (C=O) groups is 2. The minimum atomic E-state index is 0.0449. The van der Waals surface area contributed by atoms with Gasteiger partial charge >= 0.3 is 0 Å². The van der Waals surface area contributed by atoms with Gasteiger partial charge in [-0.05, 0) is 24.1 Å². The molecule has 0 aliphatic carbocycles. The fourth-order valence-electron chi connectivity index (χ4n) is 2.35. The number of fused-ring (bicyclic) bond motifs is 1. The molecule has 0 bridgehead atoms. The van der Waals surface area contributed by atoms with Gasteiger partial charge in [0.2, 0.25) is 12.7 Å². The van der Waals surface area contributed by atoms with Crippen molar-refractivity contribution in [3.05, 3.63) is 23.8 Å². The number of ether oxygens (including phenoxy) is 2. The van der Waals surface area contributed by atoms with Gasteiger partial charge in [-0.3, -0.25) is 9.59 Å². The lowest BCUT2D eigenvalue weighted by Crippen LogP contribution is -2.28. The molecule has 5 heteroatoms. The number of likely N-dealkylation sites (tertiary alicyclic amines) is 1. The summed E-state index contributed by atoms with van der Waals surface area (Å²) in [7, 11) is 0. The first-order chi connectivity index (χ1) is 9.22. The molecule has 5 nitrogen and oxygen atoms in total. The summed E-state index contributed by atoms with van der Waals surface area (Å²) in [6, 6.07) is 5.71. The van der Waals surface area contributed by atoms with Crippen LogP contribution in [0.3, 0.4) is 0 Å². The first-order valence-corrected chi connectivity index (χ1v) is 6.40. The van der Waals surface area contributed by atoms with Crippen LogP contribution in [0, 0.1) is 0 Å². The first-order valence-electron chi connectivity index (χ1n) is 6.40. The molecule has 1 amide bonds. The van der Waals surface area contributed by atoms with Crippen LogP contribution in [0.5, 0.6) is 11.5 Å². The summed E-state index contributed by atoms with van der Waals surface area (Å²) >= 11 is 0. The Balaban J connectivity index is 1.57. The zero-order chi connectivity index (χ0) is 13.2. The summed E-state index contributed by atoms with van der Waals surface area (Å²) in [4.78, 5) is 24.7. The first kappa shape index (κ1) is 12.0. The van der Waals surface area contributed by atoms with Gasteiger partial charge in [0.1, 0.15) is 0 Å². The standard InChI is InChI=1S/C14H15NO4/c16-11-5-6-15(8-11)14(17)4-2-10-1-3-12-13(7-10)19-9-18-12/h1,3,7H,2,4-6,8-9H2. The van der Waals surface area contributed by atoms with Gasteiger partial charge in [0, 0.05) is 19.4 Å². The Morgan fingerprint density at radius 2 is 2.11 bits per heavy atom. The Hall–Kier alpha value is -2.04. The molecule has 1 aromatic carbocycles. The van der Waals surface area contributed by atoms with E-state index in [4.69, 9.17) is 9.47 Å². The average Bonchev–Trinajstić information content (AvgIpc) is 3.03. The van der Waals surface area contributed by atoms with E-state index >= 15 is 0 Å². The molecule has 0 unspecified atom stereocenters. The second kappa shape index (κ2) is 4.91. The zero-order valence-electron chi connectivity index (χ0n) is 10.6. The van der Waals surface area contributed by atoms with Gasteiger partial charge in [-0.25, -0.2) is 0 Å². The lowest BCUT2D eigenvalue weighted by Gasteiger charge is -2.14. The normalized spacial score (nSPS) is 17.1. The molecule has 1 saturated heterocycles. The smallest absolute Gasteiger partial charge is 0.231 e. The Bertz CT molecular complexity index is 526. The van der Waals surface area contributed by atoms with Gasteiger partial charge < -0.3 is 14.4 Å². The quantitative estimate of drug-likeness (QED) is 0.819. The number of hydrogen-bond acceptors (Lipinski definition) is 4. The van der Waals surface area contributed by atoms with Crippen molar-refractivity contribution in [3.8, 4) is 11.5 Å². The molecule has 2 aliphatic rings. The van der Waals surface area contributed by atoms with Crippen molar-refractivity contribution in [2.24, 2.45) is 0 Å². The van der Waals surface area contributed by atoms with Crippen LogP contribution in [-0.2, 0) is 16.0 Å². The van der Waals surface area contributed by atoms with Crippen molar-refractivity contribution in [3.63, 3.8) is 0 Å². The Morgan fingerprint density at radius 1 is 1.26 bits per heavy atom. The molecular weight excluding hydrogens is 246 g/mol. The van der Waals surface area contributed by atoms with Gasteiger partial charge in [0.05, 0.1) is 6.54 Å². The van der Waals surface area contributed by atoms with E-state index in [1.807, 2.05) is 18.2 Å². The monoisotopic (exact) mass is 261 g/mol. The topological polar surface area (TPSA) is 55.8 Å². The van der Waals surface area contributed by atoms with Gasteiger partial charge in [-0.2, -0.15) is 0 Å². The zero-order valence-corrected chi connectivity index (χ0v) is 10.6. The summed E-state index contributed by atoms with van der Waals surface area (Å²) in [5, 5.41) is 0. The van der Waals surface area contributed by atoms with Crippen LogP contribution >= 0.6 is 0 Å². The number of carbonyl (C=O) groups excluding carboxylic acids is 2. The summed E-state index contributed by atoms with van der Waals surface area (Å²) in [5.74, 6) is 1.68. The van der Waals surface area contributed by atoms with Crippen molar-refractivity contribution < 1.29 is 19.1 Å². The molecule has 0 atom stereocenters. The molecule has 0 radical (unpaired) electrons. The summed E-state index contributed by atoms with van der Waals surface area (Å²) in [6.07, 6.45) is 1.57. The number of Topliss-reactive ketones (excluding diaryl/α,β-unsaturated/α-hetero) is 1. The maximum atomic E-state index is 11.9. The average molecular weight is 261 g/mol. The summed E-state index contributed by atoms with van der Waals surface area (Å²) in [6.45, 7) is 1.10. The second-order valence-corrected chi connectivity index (χ2v) is 4.79. The van der Waals surface area contributed by atoms with Crippen LogP contribution in [0.2, 0.25) is 0 Å². The van der Waals surface area contributed by atoms with Crippen LogP contribution in [0.4, 0.5) is 0 Å². The largest absolute Gasteiger partial charge is 0.454 e. The molecule has 2 heterocycles. The minimum absolute atomic E-state index is 0.0449. The molecule has 3 rings (SSSR count). The SMILES string of the molecule is O=C1CCN(C(=O)CCc2ccc3c(c2)OCO3)C1. The molecule has 2 aliphatic heterocycles. The van der Waals surface area contributed by atoms with E-state index in [0.717, 1.165) is 17.1 Å². The van der Waals surface area contributed by atoms with Crippen molar-refractivity contribution in [2.75, 3.05) is 19.9 Å². The van der Waals surface area contributed by atoms with Crippen molar-refractivity contribution in [1.29, 1.82) is 0 Å². The molecule has 1 aromatic rings. The number of benzene rings is 1. The fourth-order valence-corrected chi connectivity index (χ4v) is 2.35. The third-order valence-electron chi connectivity index (χ3n) is 3.45. The van der Waals surface area contributed by atoms with E-state index in [1.54, 1.807) is 4.90 Å². The highest BCUT2D eigenvalue weighted by molar-refractivity contribution is 5.89. The summed E-state index contributed by atoms with van der Waals surface area (Å²) < 4.78 is 10.5. The number of aryl methyl sites for hydroxylation is 1. The van der Waals surface area contributed by atoms with Crippen LogP contribution in [0.1, 0.15) is 18.4 Å². The third-order valence-corrected chi connectivity index (χ3v) is 3.45. The lowest BCUT2D eigenvalue weighted by atomic mass is 10.1. The number of hydrogen-bond donors (Lipinski definition) is 0. The summed E-state index contributed by atoms with van der Waals surface area (Å²) in [5.41, 5.74) is 1.04. The third kappa shape index (κ3) is 2.54. The maximum absolute atomic E-state index is 11.9. The Labute approximate surface area is 111 Å². The van der Waals surface area contributed by atoms with Gasteiger partial charge in [0.25, 0.3) is 0 Å². The molecule has 0 spiro atoms. The molecule has 0 aromatic heterocycles. The highest BCUT2D eigenvalue weighted by Crippen LogP contribution is 2.32. The number of rotatable bonds is 3. The van der Waals surface area contributed by atoms with Gasteiger partial charge in [-0.1, -0.05) is 6.07 Å². The highest BCUT2D eigenvalue weighted by atomic mass is 16.7. The number of nitrogens with zero attached hydrogens (tertiary/aromatic N) is 1. The van der Waals surface area contributed by atoms with E-state index in [1.165, 1.54) is 0 Å². The minimum Gasteiger partial charge on any atom is -0.454 e. The molecule has 1 fully saturated rings. The Kier molecular flexibility index (Phi) is 3.11. The predicted molar refractivity (Wildman–Crippen MR) is 67.1 cm³/mol. The van der Waals surface area contributed by atoms with E-state index in [0.29, 0.717) is 25.8 Å². The van der Waals surface area contributed by atoms with E-state index in [2.05, 4.69) is 0 Å². The number of amides is 1. The van der Waals surface area contributed by atoms with Crippen molar-refractivity contribution in [2.45, 2.75) is 19.3 Å². The van der Waals surface area contributed by atoms with Crippen LogP contribution < -0.4 is 9.47 Å². The molecule has 0 N–H and O–H groups in total. The highest BCUT2D eigenvalue weighted by Gasteiger charge is 2.23. The van der Waals surface area contributed by atoms with Crippen LogP contribution in [-0.4, -0.2) is 36.5 Å². The molecule has 19 heavy (non-hydrogen) atoms. The predicted octanol–water partition coefficient (Wildman–Crippen LogP) is 1.15. The van der Waals surface area contributed by atoms with E-state index in [9.17, 15) is 9.59 Å². The molecule has 0 saturated carbocycles. The lowest BCUT2D eigenvalue weighted by molar-refractivity contribution is -0.131. The van der Waals surface area contributed by atoms with Crippen molar-refractivity contribution in [1.82, 2.24) is 4.90 Å². The van der Waals surface area contributed by atoms with Crippen LogP contribution in [0.25, 0.3) is 0 Å². The molecule has 100 valence electrons.